The molecule has 57 heavy (non-hydrogen) atoms. The number of nitrogens with zero attached hydrogens (tertiary/aromatic N) is 4. The van der Waals surface area contributed by atoms with Crippen molar-refractivity contribution in [2.24, 2.45) is 11.8 Å². The normalized spacial score (nSPS) is 19.2. The average Bonchev–Trinajstić information content (AvgIpc) is 3.42. The third-order valence-electron chi connectivity index (χ3n) is 11.8. The first-order valence-electron chi connectivity index (χ1n) is 20.9. The van der Waals surface area contributed by atoms with Crippen molar-refractivity contribution < 1.29 is 37.1 Å². The molecule has 2 aromatic rings. The first-order valence-corrected chi connectivity index (χ1v) is 20.9. The van der Waals surface area contributed by atoms with Gasteiger partial charge in [-0.25, -0.2) is 9.59 Å². The largest absolute Gasteiger partial charge is 0.416 e. The highest BCUT2D eigenvalue weighted by Gasteiger charge is 2.31. The monoisotopic (exact) mass is 798 g/mol. The molecule has 2 N–H and O–H groups in total. The van der Waals surface area contributed by atoms with E-state index in [1.165, 1.54) is 43.4 Å². The number of hydrogen-bond donors (Lipinski definition) is 2. The molecule has 1 unspecified atom stereocenters. The summed E-state index contributed by atoms with van der Waals surface area (Å²) in [6.07, 6.45) is 6.15. The van der Waals surface area contributed by atoms with E-state index >= 15 is 0 Å². The second-order valence-electron chi connectivity index (χ2n) is 15.9. The van der Waals surface area contributed by atoms with Gasteiger partial charge < -0.3 is 35.0 Å². The smallest absolute Gasteiger partial charge is 0.381 e. The molecule has 3 aliphatic heterocycles. The fourth-order valence-corrected chi connectivity index (χ4v) is 7.94. The average molecular weight is 799 g/mol. The van der Waals surface area contributed by atoms with Gasteiger partial charge in [-0.3, -0.25) is 9.59 Å². The number of rotatable bonds is 8. The fourth-order valence-electron chi connectivity index (χ4n) is 7.94. The van der Waals surface area contributed by atoms with E-state index in [0.29, 0.717) is 102 Å². The molecule has 1 aliphatic carbocycles. The Balaban J connectivity index is 0.000000218. The lowest BCUT2D eigenvalue weighted by molar-refractivity contribution is -0.137. The Morgan fingerprint density at radius 1 is 0.632 bits per heavy atom. The molecule has 0 aromatic heterocycles. The van der Waals surface area contributed by atoms with E-state index in [1.807, 2.05) is 21.9 Å². The van der Waals surface area contributed by atoms with Crippen molar-refractivity contribution >= 4 is 35.3 Å². The van der Waals surface area contributed by atoms with Gasteiger partial charge in [-0.15, -0.1) is 0 Å². The molecule has 6 rings (SSSR count). The molecule has 6 amide bonds. The van der Waals surface area contributed by atoms with Crippen LogP contribution in [0, 0.1) is 11.8 Å². The van der Waals surface area contributed by atoms with Gasteiger partial charge in [-0.1, -0.05) is 38.8 Å². The van der Waals surface area contributed by atoms with Crippen LogP contribution >= 0.6 is 0 Å². The number of anilines is 2. The summed E-state index contributed by atoms with van der Waals surface area (Å²) in [6, 6.07) is 12.1. The second kappa shape index (κ2) is 21.4. The van der Waals surface area contributed by atoms with Gasteiger partial charge >= 0.3 is 18.2 Å². The third kappa shape index (κ3) is 13.6. The minimum Gasteiger partial charge on any atom is -0.381 e. The quantitative estimate of drug-likeness (QED) is 0.279. The number of hydrogen-bond acceptors (Lipinski definition) is 5. The Kier molecular flexibility index (Phi) is 16.5. The van der Waals surface area contributed by atoms with Crippen molar-refractivity contribution in [3.8, 4) is 0 Å². The van der Waals surface area contributed by atoms with Crippen LogP contribution in [0.5, 0.6) is 0 Å². The number of carbonyl (C=O) groups excluding carboxylic acids is 4. The van der Waals surface area contributed by atoms with E-state index in [2.05, 4.69) is 36.6 Å². The first kappa shape index (κ1) is 43.8. The molecule has 0 radical (unpaired) electrons. The lowest BCUT2D eigenvalue weighted by Crippen LogP contribution is -2.39. The number of urea groups is 2. The van der Waals surface area contributed by atoms with Crippen molar-refractivity contribution in [1.29, 1.82) is 0 Å². The molecular formula is C43H61F3N6O5. The first-order chi connectivity index (χ1) is 27.4. The van der Waals surface area contributed by atoms with Crippen LogP contribution in [-0.2, 0) is 20.5 Å². The van der Waals surface area contributed by atoms with Crippen LogP contribution in [0.3, 0.4) is 0 Å². The van der Waals surface area contributed by atoms with Crippen LogP contribution in [0.25, 0.3) is 0 Å². The fraction of sp³-hybridized carbons (Fsp3) is 0.628. The van der Waals surface area contributed by atoms with Gasteiger partial charge in [-0.2, -0.15) is 13.2 Å². The second-order valence-corrected chi connectivity index (χ2v) is 15.9. The number of halogens is 3. The SMILES string of the molecule is CCC(C)c1ccc(NC(=O)N2CCCN(C(=O)CC3CCCC3)CC2)cc1.O=C(CC1CCOCC1)N1CCCN(C(=O)Nc2ccc(C(F)(F)F)cc2)CC1. The minimum atomic E-state index is -4.41. The molecule has 4 fully saturated rings. The van der Waals surface area contributed by atoms with Crippen molar-refractivity contribution in [1.82, 2.24) is 19.6 Å². The van der Waals surface area contributed by atoms with Gasteiger partial charge in [0.15, 0.2) is 0 Å². The highest BCUT2D eigenvalue weighted by Crippen LogP contribution is 2.30. The molecule has 0 spiro atoms. The maximum absolute atomic E-state index is 12.7. The maximum Gasteiger partial charge on any atom is 0.416 e. The summed E-state index contributed by atoms with van der Waals surface area (Å²) in [7, 11) is 0. The molecule has 0 bridgehead atoms. The number of ether oxygens (including phenoxy) is 1. The van der Waals surface area contributed by atoms with Crippen LogP contribution in [-0.4, -0.2) is 109 Å². The van der Waals surface area contributed by atoms with Gasteiger partial charge in [-0.05, 0) is 105 Å². The Morgan fingerprint density at radius 2 is 1.05 bits per heavy atom. The van der Waals surface area contributed by atoms with Gasteiger partial charge in [0.1, 0.15) is 0 Å². The predicted octanol–water partition coefficient (Wildman–Crippen LogP) is 8.43. The summed E-state index contributed by atoms with van der Waals surface area (Å²) in [5.41, 5.74) is 1.67. The number of benzene rings is 2. The number of carbonyl (C=O) groups is 4. The number of nitrogens with one attached hydrogen (secondary N) is 2. The molecule has 11 nitrogen and oxygen atoms in total. The summed E-state index contributed by atoms with van der Waals surface area (Å²) in [5.74, 6) is 1.85. The molecule has 2 aromatic carbocycles. The zero-order chi connectivity index (χ0) is 40.8. The van der Waals surface area contributed by atoms with Crippen LogP contribution in [0.4, 0.5) is 34.1 Å². The zero-order valence-corrected chi connectivity index (χ0v) is 33.7. The van der Waals surface area contributed by atoms with Crippen molar-refractivity contribution in [2.75, 3.05) is 76.2 Å². The number of amides is 6. The Morgan fingerprint density at radius 3 is 1.51 bits per heavy atom. The minimum absolute atomic E-state index is 0.0682. The van der Waals surface area contributed by atoms with Crippen molar-refractivity contribution in [2.45, 2.75) is 96.6 Å². The van der Waals surface area contributed by atoms with Gasteiger partial charge in [0.25, 0.3) is 0 Å². The summed E-state index contributed by atoms with van der Waals surface area (Å²) in [4.78, 5) is 57.5. The molecule has 3 saturated heterocycles. The van der Waals surface area contributed by atoms with Crippen molar-refractivity contribution in [3.63, 3.8) is 0 Å². The van der Waals surface area contributed by atoms with E-state index < -0.39 is 11.7 Å². The Labute approximate surface area is 335 Å². The summed E-state index contributed by atoms with van der Waals surface area (Å²) in [6.45, 7) is 10.5. The number of alkyl halides is 3. The molecule has 1 saturated carbocycles. The van der Waals surface area contributed by atoms with E-state index in [-0.39, 0.29) is 23.9 Å². The molecule has 4 aliphatic rings. The molecule has 3 heterocycles. The lowest BCUT2D eigenvalue weighted by Gasteiger charge is -2.26. The summed E-state index contributed by atoms with van der Waals surface area (Å²) >= 11 is 0. The van der Waals surface area contributed by atoms with Crippen LogP contribution in [0.15, 0.2) is 48.5 Å². The van der Waals surface area contributed by atoms with Gasteiger partial charge in [0, 0.05) is 89.8 Å². The maximum atomic E-state index is 12.7. The highest BCUT2D eigenvalue weighted by molar-refractivity contribution is 5.90. The van der Waals surface area contributed by atoms with E-state index in [4.69, 9.17) is 4.74 Å². The third-order valence-corrected chi connectivity index (χ3v) is 11.8. The lowest BCUT2D eigenvalue weighted by atomic mass is 9.96. The Bertz CT molecular complexity index is 1600. The van der Waals surface area contributed by atoms with E-state index in [1.54, 1.807) is 9.80 Å². The van der Waals surface area contributed by atoms with Crippen molar-refractivity contribution in [3.05, 3.63) is 59.7 Å². The van der Waals surface area contributed by atoms with E-state index in [0.717, 1.165) is 50.0 Å². The predicted molar refractivity (Wildman–Crippen MR) is 215 cm³/mol. The van der Waals surface area contributed by atoms with E-state index in [9.17, 15) is 32.3 Å². The summed E-state index contributed by atoms with van der Waals surface area (Å²) in [5, 5.41) is 5.64. The highest BCUT2D eigenvalue weighted by atomic mass is 19.4. The van der Waals surface area contributed by atoms with Crippen LogP contribution in [0.2, 0.25) is 0 Å². The van der Waals surface area contributed by atoms with Gasteiger partial charge in [0.2, 0.25) is 11.8 Å². The molecular weight excluding hydrogens is 738 g/mol. The molecule has 1 atom stereocenters. The van der Waals surface area contributed by atoms with Crippen LogP contribution < -0.4 is 10.6 Å². The standard InChI is InChI=1S/C23H35N3O2.C20H26F3N3O3/c1-3-18(2)20-9-11-21(12-10-20)24-23(28)26-14-6-13-25(15-16-26)22(27)17-19-7-4-5-8-19;21-20(22,23)16-2-4-17(5-3-16)24-19(28)26-9-1-8-25(10-11-26)18(27)14-15-6-12-29-13-7-15/h9-12,18-19H,3-8,13-17H2,1-2H3,(H,24,28);2-5,15H,1,6-14H2,(H,24,28). The Hall–Kier alpha value is -4.33. The zero-order valence-electron chi connectivity index (χ0n) is 33.7. The molecule has 314 valence electrons. The summed E-state index contributed by atoms with van der Waals surface area (Å²) < 4.78 is 43.2. The topological polar surface area (TPSA) is 115 Å². The molecule has 14 heteroatoms. The van der Waals surface area contributed by atoms with Crippen LogP contribution in [0.1, 0.15) is 102 Å². The van der Waals surface area contributed by atoms with Gasteiger partial charge in [0.05, 0.1) is 5.56 Å².